The lowest BCUT2D eigenvalue weighted by atomic mass is 10.00. The second kappa shape index (κ2) is 16.9. The summed E-state index contributed by atoms with van der Waals surface area (Å²) in [5.41, 5.74) is 4.08. The van der Waals surface area contributed by atoms with Crippen LogP contribution in [0.4, 0.5) is 0 Å². The molecule has 0 spiro atoms. The van der Waals surface area contributed by atoms with Gasteiger partial charge in [0.05, 0.1) is 6.61 Å². The van der Waals surface area contributed by atoms with Gasteiger partial charge in [0.25, 0.3) is 0 Å². The maximum Gasteiger partial charge on any atom is 0.125 e. The molecule has 0 amide bonds. The Kier molecular flexibility index (Phi) is 15.1. The van der Waals surface area contributed by atoms with E-state index in [0.717, 1.165) is 18.8 Å². The minimum Gasteiger partial charge on any atom is -0.493 e. The molecule has 1 aromatic carbocycles. The average molecular weight is 389 g/mol. The summed E-state index contributed by atoms with van der Waals surface area (Å²) in [5.74, 6) is 1.10. The minimum atomic E-state index is 0.819. The van der Waals surface area contributed by atoms with Crippen molar-refractivity contribution >= 4 is 0 Å². The van der Waals surface area contributed by atoms with Crippen LogP contribution >= 0.6 is 0 Å². The van der Waals surface area contributed by atoms with Gasteiger partial charge in [0.1, 0.15) is 5.75 Å². The predicted molar refractivity (Wildman–Crippen MR) is 126 cm³/mol. The molecule has 1 aromatic rings. The third-order valence-electron chi connectivity index (χ3n) is 5.79. The fraction of sp³-hybridized carbons (Fsp3) is 0.778. The molecule has 0 aliphatic carbocycles. The minimum absolute atomic E-state index is 0.819. The van der Waals surface area contributed by atoms with Gasteiger partial charge in [0.2, 0.25) is 0 Å². The van der Waals surface area contributed by atoms with Crippen LogP contribution in [0.25, 0.3) is 0 Å². The van der Waals surface area contributed by atoms with Crippen LogP contribution in [0, 0.1) is 13.8 Å². The largest absolute Gasteiger partial charge is 0.493 e. The summed E-state index contributed by atoms with van der Waals surface area (Å²) >= 11 is 0. The van der Waals surface area contributed by atoms with Gasteiger partial charge in [0, 0.05) is 0 Å². The Morgan fingerprint density at radius 2 is 1.00 bits per heavy atom. The van der Waals surface area contributed by atoms with Gasteiger partial charge in [-0.3, -0.25) is 0 Å². The van der Waals surface area contributed by atoms with Gasteiger partial charge in [-0.2, -0.15) is 0 Å². The number of rotatable bonds is 18. The van der Waals surface area contributed by atoms with Crippen molar-refractivity contribution in [2.45, 2.75) is 130 Å². The van der Waals surface area contributed by atoms with Gasteiger partial charge in [0.15, 0.2) is 0 Å². The van der Waals surface area contributed by atoms with Crippen LogP contribution in [0.2, 0.25) is 0 Å². The van der Waals surface area contributed by atoms with Crippen molar-refractivity contribution in [3.8, 4) is 5.75 Å². The average Bonchev–Trinajstić information content (AvgIpc) is 2.67. The van der Waals surface area contributed by atoms with Gasteiger partial charge >= 0.3 is 0 Å². The van der Waals surface area contributed by atoms with Crippen LogP contribution in [0.3, 0.4) is 0 Å². The first kappa shape index (κ1) is 25.1. The zero-order valence-corrected chi connectivity index (χ0v) is 19.6. The highest BCUT2D eigenvalue weighted by Gasteiger charge is 2.06. The Morgan fingerprint density at radius 1 is 0.571 bits per heavy atom. The Morgan fingerprint density at radius 3 is 1.43 bits per heavy atom. The van der Waals surface area contributed by atoms with E-state index in [9.17, 15) is 0 Å². The molecule has 0 fully saturated rings. The van der Waals surface area contributed by atoms with Crippen molar-refractivity contribution in [1.29, 1.82) is 0 Å². The molecule has 0 saturated carbocycles. The first-order chi connectivity index (χ1) is 13.7. The first-order valence-corrected chi connectivity index (χ1v) is 12.4. The van der Waals surface area contributed by atoms with Crippen LogP contribution in [-0.2, 0) is 6.42 Å². The van der Waals surface area contributed by atoms with Gasteiger partial charge < -0.3 is 4.74 Å². The maximum absolute atomic E-state index is 5.90. The van der Waals surface area contributed by atoms with E-state index in [1.807, 2.05) is 0 Å². The second-order valence-corrected chi connectivity index (χ2v) is 8.75. The zero-order chi connectivity index (χ0) is 20.5. The predicted octanol–water partition coefficient (Wildman–Crippen LogP) is 9.12. The molecule has 28 heavy (non-hydrogen) atoms. The van der Waals surface area contributed by atoms with E-state index in [1.165, 1.54) is 113 Å². The number of hydrogen-bond acceptors (Lipinski definition) is 1. The molecule has 0 atom stereocenters. The zero-order valence-electron chi connectivity index (χ0n) is 19.6. The van der Waals surface area contributed by atoms with Crippen molar-refractivity contribution < 1.29 is 4.74 Å². The van der Waals surface area contributed by atoms with Crippen LogP contribution in [-0.4, -0.2) is 6.61 Å². The topological polar surface area (TPSA) is 9.23 Å². The standard InChI is InChI=1S/C27H48O/c1-5-7-8-9-10-11-12-13-14-15-16-17-18-19-20-26-22-24(3)27(25(4)23-26)28-21-6-2/h22-23H,5-21H2,1-4H3. The second-order valence-electron chi connectivity index (χ2n) is 8.75. The lowest BCUT2D eigenvalue weighted by Gasteiger charge is -2.13. The van der Waals surface area contributed by atoms with Gasteiger partial charge in [-0.25, -0.2) is 0 Å². The van der Waals surface area contributed by atoms with E-state index in [-0.39, 0.29) is 0 Å². The number of unbranched alkanes of at least 4 members (excludes halogenated alkanes) is 13. The summed E-state index contributed by atoms with van der Waals surface area (Å²) in [4.78, 5) is 0. The molecule has 0 saturated heterocycles. The summed E-state index contributed by atoms with van der Waals surface area (Å²) in [6, 6.07) is 4.67. The normalized spacial score (nSPS) is 11.1. The van der Waals surface area contributed by atoms with Crippen molar-refractivity contribution in [2.24, 2.45) is 0 Å². The Hall–Kier alpha value is -0.980. The van der Waals surface area contributed by atoms with E-state index in [2.05, 4.69) is 39.8 Å². The van der Waals surface area contributed by atoms with Crippen LogP contribution in [0.15, 0.2) is 12.1 Å². The fourth-order valence-electron chi connectivity index (χ4n) is 4.14. The Bertz CT molecular complexity index is 468. The molecular formula is C27H48O. The van der Waals surface area contributed by atoms with E-state index >= 15 is 0 Å². The lowest BCUT2D eigenvalue weighted by Crippen LogP contribution is -2.00. The third-order valence-corrected chi connectivity index (χ3v) is 5.79. The smallest absolute Gasteiger partial charge is 0.125 e. The van der Waals surface area contributed by atoms with Crippen molar-refractivity contribution in [3.63, 3.8) is 0 Å². The molecule has 162 valence electrons. The van der Waals surface area contributed by atoms with Gasteiger partial charge in [-0.05, 0) is 49.8 Å². The Balaban J connectivity index is 2.00. The molecule has 0 aliphatic heterocycles. The summed E-state index contributed by atoms with van der Waals surface area (Å²) in [7, 11) is 0. The molecular weight excluding hydrogens is 340 g/mol. The van der Waals surface area contributed by atoms with Crippen LogP contribution in [0.1, 0.15) is 127 Å². The van der Waals surface area contributed by atoms with Crippen LogP contribution in [0.5, 0.6) is 5.75 Å². The molecule has 0 aliphatic rings. The number of ether oxygens (including phenoxy) is 1. The van der Waals surface area contributed by atoms with Gasteiger partial charge in [-0.1, -0.05) is 109 Å². The Labute approximate surface area is 176 Å². The summed E-state index contributed by atoms with van der Waals surface area (Å²) in [5, 5.41) is 0. The van der Waals surface area contributed by atoms with E-state index in [4.69, 9.17) is 4.74 Å². The summed E-state index contributed by atoms with van der Waals surface area (Å²) in [6.45, 7) is 9.65. The third kappa shape index (κ3) is 11.8. The van der Waals surface area contributed by atoms with Crippen molar-refractivity contribution in [2.75, 3.05) is 6.61 Å². The molecule has 1 rings (SSSR count). The van der Waals surface area contributed by atoms with Crippen molar-refractivity contribution in [1.82, 2.24) is 0 Å². The highest BCUT2D eigenvalue weighted by Crippen LogP contribution is 2.26. The molecule has 1 heteroatoms. The maximum atomic E-state index is 5.90. The van der Waals surface area contributed by atoms with E-state index in [0.29, 0.717) is 0 Å². The van der Waals surface area contributed by atoms with Gasteiger partial charge in [-0.15, -0.1) is 0 Å². The first-order valence-electron chi connectivity index (χ1n) is 12.4. The quantitative estimate of drug-likeness (QED) is 0.228. The van der Waals surface area contributed by atoms with E-state index < -0.39 is 0 Å². The number of benzene rings is 1. The fourth-order valence-corrected chi connectivity index (χ4v) is 4.14. The lowest BCUT2D eigenvalue weighted by molar-refractivity contribution is 0.313. The van der Waals surface area contributed by atoms with E-state index in [1.54, 1.807) is 0 Å². The molecule has 0 heterocycles. The molecule has 0 radical (unpaired) electrons. The summed E-state index contributed by atoms with van der Waals surface area (Å²) in [6.07, 6.45) is 22.3. The van der Waals surface area contributed by atoms with Crippen LogP contribution < -0.4 is 4.74 Å². The monoisotopic (exact) mass is 388 g/mol. The molecule has 0 N–H and O–H groups in total. The highest BCUT2D eigenvalue weighted by atomic mass is 16.5. The molecule has 0 aromatic heterocycles. The molecule has 1 nitrogen and oxygen atoms in total. The summed E-state index contributed by atoms with van der Waals surface area (Å²) < 4.78 is 5.90. The SMILES string of the molecule is CCCCCCCCCCCCCCCCc1cc(C)c(OCCC)c(C)c1. The number of hydrogen-bond donors (Lipinski definition) is 0. The molecule has 0 unspecified atom stereocenters. The van der Waals surface area contributed by atoms with Crippen molar-refractivity contribution in [3.05, 3.63) is 28.8 Å². The molecule has 0 bridgehead atoms. The number of aryl methyl sites for hydroxylation is 3. The highest BCUT2D eigenvalue weighted by molar-refractivity contribution is 5.43.